The molecule has 1 fully saturated rings. The van der Waals surface area contributed by atoms with Crippen molar-refractivity contribution in [3.05, 3.63) is 59.7 Å². The lowest BCUT2D eigenvalue weighted by molar-refractivity contribution is -0.144. The first kappa shape index (κ1) is 19.7. The number of hydrogen-bond donors (Lipinski definition) is 3. The SMILES string of the molecule is CC(N)(C(=O)OC(=O)N1CCC(c2ccc(O)cc2O)CC1)c1ccccc1. The Kier molecular flexibility index (Phi) is 5.56. The summed E-state index contributed by atoms with van der Waals surface area (Å²) in [6, 6.07) is 13.3. The van der Waals surface area contributed by atoms with Gasteiger partial charge in [-0.2, -0.15) is 0 Å². The van der Waals surface area contributed by atoms with E-state index in [-0.39, 0.29) is 17.4 Å². The third-order valence-corrected chi connectivity index (χ3v) is 5.18. The summed E-state index contributed by atoms with van der Waals surface area (Å²) >= 11 is 0. The highest BCUT2D eigenvalue weighted by Crippen LogP contribution is 2.35. The number of phenolic OH excluding ortho intramolecular Hbond substituents is 2. The smallest absolute Gasteiger partial charge is 0.417 e. The Morgan fingerprint density at radius 3 is 2.36 bits per heavy atom. The summed E-state index contributed by atoms with van der Waals surface area (Å²) in [5, 5.41) is 19.4. The Morgan fingerprint density at radius 2 is 1.75 bits per heavy atom. The van der Waals surface area contributed by atoms with Gasteiger partial charge in [0.15, 0.2) is 0 Å². The molecule has 1 atom stereocenters. The Bertz CT molecular complexity index is 858. The number of ether oxygens (including phenoxy) is 1. The second-order valence-corrected chi connectivity index (χ2v) is 7.23. The minimum Gasteiger partial charge on any atom is -0.508 e. The van der Waals surface area contributed by atoms with Crippen LogP contribution < -0.4 is 5.73 Å². The molecule has 1 aliphatic heterocycles. The molecule has 1 saturated heterocycles. The van der Waals surface area contributed by atoms with Crippen molar-refractivity contribution in [1.29, 1.82) is 0 Å². The number of piperidine rings is 1. The molecule has 1 aliphatic rings. The molecule has 1 heterocycles. The highest BCUT2D eigenvalue weighted by atomic mass is 16.6. The quantitative estimate of drug-likeness (QED) is 0.554. The van der Waals surface area contributed by atoms with Crippen molar-refractivity contribution in [3.63, 3.8) is 0 Å². The molecule has 28 heavy (non-hydrogen) atoms. The van der Waals surface area contributed by atoms with Crippen LogP contribution in [0, 0.1) is 0 Å². The highest BCUT2D eigenvalue weighted by molar-refractivity contribution is 5.91. The van der Waals surface area contributed by atoms with Crippen LogP contribution in [-0.4, -0.2) is 40.3 Å². The van der Waals surface area contributed by atoms with Crippen molar-refractivity contribution in [2.45, 2.75) is 31.2 Å². The molecule has 0 radical (unpaired) electrons. The fourth-order valence-corrected chi connectivity index (χ4v) is 3.40. The van der Waals surface area contributed by atoms with Crippen LogP contribution >= 0.6 is 0 Å². The van der Waals surface area contributed by atoms with Gasteiger partial charge in [-0.15, -0.1) is 0 Å². The van der Waals surface area contributed by atoms with E-state index in [4.69, 9.17) is 10.5 Å². The maximum Gasteiger partial charge on any atom is 0.417 e. The lowest BCUT2D eigenvalue weighted by Crippen LogP contribution is -2.47. The minimum absolute atomic E-state index is 0.00373. The number of phenols is 2. The van der Waals surface area contributed by atoms with Crippen molar-refractivity contribution in [1.82, 2.24) is 4.90 Å². The monoisotopic (exact) mass is 384 g/mol. The average molecular weight is 384 g/mol. The third kappa shape index (κ3) is 4.09. The van der Waals surface area contributed by atoms with Gasteiger partial charge in [-0.05, 0) is 42.9 Å². The molecule has 4 N–H and O–H groups in total. The second-order valence-electron chi connectivity index (χ2n) is 7.23. The summed E-state index contributed by atoms with van der Waals surface area (Å²) in [6.45, 7) is 2.30. The van der Waals surface area contributed by atoms with E-state index in [1.54, 1.807) is 30.3 Å². The van der Waals surface area contributed by atoms with Gasteiger partial charge in [0, 0.05) is 19.2 Å². The molecule has 148 valence electrons. The van der Waals surface area contributed by atoms with Gasteiger partial charge in [-0.3, -0.25) is 0 Å². The van der Waals surface area contributed by atoms with Gasteiger partial charge in [0.2, 0.25) is 0 Å². The van der Waals surface area contributed by atoms with E-state index in [9.17, 15) is 19.8 Å². The fraction of sp³-hybridized carbons (Fsp3) is 0.333. The molecule has 0 aromatic heterocycles. The Morgan fingerprint density at radius 1 is 1.11 bits per heavy atom. The molecular weight excluding hydrogens is 360 g/mol. The van der Waals surface area contributed by atoms with Crippen molar-refractivity contribution in [2.75, 3.05) is 13.1 Å². The van der Waals surface area contributed by atoms with Crippen LogP contribution in [0.25, 0.3) is 0 Å². The lowest BCUT2D eigenvalue weighted by atomic mass is 9.89. The molecule has 2 aromatic rings. The maximum absolute atomic E-state index is 12.4. The third-order valence-electron chi connectivity index (χ3n) is 5.18. The number of nitrogens with two attached hydrogens (primary N) is 1. The van der Waals surface area contributed by atoms with Gasteiger partial charge in [0.25, 0.3) is 0 Å². The number of carbonyl (C=O) groups excluding carboxylic acids is 2. The van der Waals surface area contributed by atoms with E-state index in [0.29, 0.717) is 31.5 Å². The Hall–Kier alpha value is -3.06. The van der Waals surface area contributed by atoms with Gasteiger partial charge in [0.1, 0.15) is 17.0 Å². The number of esters is 1. The Balaban J connectivity index is 1.58. The van der Waals surface area contributed by atoms with Gasteiger partial charge < -0.3 is 25.6 Å². The van der Waals surface area contributed by atoms with Crippen LogP contribution in [0.5, 0.6) is 11.5 Å². The zero-order valence-electron chi connectivity index (χ0n) is 15.7. The fourth-order valence-electron chi connectivity index (χ4n) is 3.40. The first-order valence-corrected chi connectivity index (χ1v) is 9.16. The first-order chi connectivity index (χ1) is 13.3. The van der Waals surface area contributed by atoms with Crippen molar-refractivity contribution >= 4 is 12.1 Å². The second kappa shape index (κ2) is 7.90. The molecule has 1 unspecified atom stereocenters. The van der Waals surface area contributed by atoms with Gasteiger partial charge in [0.05, 0.1) is 0 Å². The van der Waals surface area contributed by atoms with Gasteiger partial charge >= 0.3 is 12.1 Å². The van der Waals surface area contributed by atoms with Crippen LogP contribution in [-0.2, 0) is 15.1 Å². The Labute approximate surface area is 163 Å². The van der Waals surface area contributed by atoms with E-state index in [2.05, 4.69) is 0 Å². The van der Waals surface area contributed by atoms with E-state index >= 15 is 0 Å². The molecule has 7 nitrogen and oxygen atoms in total. The molecule has 0 aliphatic carbocycles. The summed E-state index contributed by atoms with van der Waals surface area (Å²) < 4.78 is 5.03. The van der Waals surface area contributed by atoms with E-state index < -0.39 is 17.6 Å². The van der Waals surface area contributed by atoms with Crippen LogP contribution in [0.3, 0.4) is 0 Å². The molecule has 3 rings (SSSR count). The van der Waals surface area contributed by atoms with Crippen LogP contribution in [0.15, 0.2) is 48.5 Å². The summed E-state index contributed by atoms with van der Waals surface area (Å²) in [6.07, 6.45) is 0.506. The predicted molar refractivity (Wildman–Crippen MR) is 103 cm³/mol. The van der Waals surface area contributed by atoms with Crippen LogP contribution in [0.4, 0.5) is 4.79 Å². The van der Waals surface area contributed by atoms with E-state index in [0.717, 1.165) is 5.56 Å². The zero-order chi connectivity index (χ0) is 20.3. The molecule has 0 bridgehead atoms. The number of amides is 1. The first-order valence-electron chi connectivity index (χ1n) is 9.16. The highest BCUT2D eigenvalue weighted by Gasteiger charge is 2.36. The number of likely N-dealkylation sites (tertiary alicyclic amines) is 1. The topological polar surface area (TPSA) is 113 Å². The number of rotatable bonds is 3. The van der Waals surface area contributed by atoms with Crippen LogP contribution in [0.2, 0.25) is 0 Å². The molecule has 1 amide bonds. The van der Waals surface area contributed by atoms with Gasteiger partial charge in [-0.1, -0.05) is 36.4 Å². The maximum atomic E-state index is 12.4. The predicted octanol–water partition coefficient (Wildman–Crippen LogP) is 2.81. The summed E-state index contributed by atoms with van der Waals surface area (Å²) in [5.74, 6) is -0.701. The molecule has 2 aromatic carbocycles. The molecular formula is C21H24N2O5. The summed E-state index contributed by atoms with van der Waals surface area (Å²) in [7, 11) is 0. The van der Waals surface area contributed by atoms with Crippen LogP contribution in [0.1, 0.15) is 36.8 Å². The minimum atomic E-state index is -1.42. The number of aromatic hydroxyl groups is 2. The van der Waals surface area contributed by atoms with E-state index in [1.807, 2.05) is 6.07 Å². The lowest BCUT2D eigenvalue weighted by Gasteiger charge is -2.32. The molecule has 7 heteroatoms. The van der Waals surface area contributed by atoms with Crippen molar-refractivity contribution in [2.24, 2.45) is 5.73 Å². The number of benzene rings is 2. The summed E-state index contributed by atoms with van der Waals surface area (Å²) in [5.41, 5.74) is 5.97. The largest absolute Gasteiger partial charge is 0.508 e. The van der Waals surface area contributed by atoms with Gasteiger partial charge in [-0.25, -0.2) is 9.59 Å². The van der Waals surface area contributed by atoms with Crippen molar-refractivity contribution < 1.29 is 24.5 Å². The zero-order valence-corrected chi connectivity index (χ0v) is 15.7. The van der Waals surface area contributed by atoms with E-state index in [1.165, 1.54) is 24.0 Å². The standard InChI is InChI=1S/C21H24N2O5/c1-21(22,15-5-3-2-4-6-15)19(26)28-20(27)23-11-9-14(10-12-23)17-8-7-16(24)13-18(17)25/h2-8,13-14,24-25H,9-12,22H2,1H3. The number of carbonyl (C=O) groups is 2. The molecule has 0 saturated carbocycles. The summed E-state index contributed by atoms with van der Waals surface area (Å²) in [4.78, 5) is 26.3. The van der Waals surface area contributed by atoms with Crippen molar-refractivity contribution in [3.8, 4) is 11.5 Å². The number of hydrogen-bond acceptors (Lipinski definition) is 6. The average Bonchev–Trinajstić information content (AvgIpc) is 2.68. The number of nitrogens with zero attached hydrogens (tertiary/aromatic N) is 1. The normalized spacial score (nSPS) is 17.0. The molecule has 0 spiro atoms.